The van der Waals surface area contributed by atoms with Crippen LogP contribution in [-0.4, -0.2) is 36.7 Å². The summed E-state index contributed by atoms with van der Waals surface area (Å²) in [6, 6.07) is 5.66. The van der Waals surface area contributed by atoms with Crippen molar-refractivity contribution in [2.45, 2.75) is 26.2 Å². The second kappa shape index (κ2) is 8.43. The molecule has 0 spiro atoms. The number of phenolic OH excluding ortho intramolecular Hbond substituents is 1. The molecule has 1 aliphatic carbocycles. The zero-order chi connectivity index (χ0) is 20.3. The quantitative estimate of drug-likeness (QED) is 0.744. The number of aromatic hydroxyl groups is 1. The van der Waals surface area contributed by atoms with Gasteiger partial charge >= 0.3 is 11.9 Å². The van der Waals surface area contributed by atoms with Gasteiger partial charge in [-0.15, -0.1) is 11.3 Å². The van der Waals surface area contributed by atoms with Crippen molar-refractivity contribution in [1.29, 1.82) is 0 Å². The Hall–Kier alpha value is -2.87. The number of fused-ring (bicyclic) bond motifs is 1. The average Bonchev–Trinajstić information content (AvgIpc) is 3.02. The molecule has 0 unspecified atom stereocenters. The number of nitrogens with one attached hydrogen (secondary N) is 1. The number of methoxy groups -OCH3 is 1. The van der Waals surface area contributed by atoms with Gasteiger partial charge in [-0.3, -0.25) is 4.79 Å². The van der Waals surface area contributed by atoms with Gasteiger partial charge in [0.25, 0.3) is 5.91 Å². The van der Waals surface area contributed by atoms with Crippen molar-refractivity contribution < 1.29 is 29.0 Å². The summed E-state index contributed by atoms with van der Waals surface area (Å²) in [4.78, 5) is 37.6. The van der Waals surface area contributed by atoms with E-state index in [-0.39, 0.29) is 11.3 Å². The minimum Gasteiger partial charge on any atom is -0.508 e. The second-order valence-electron chi connectivity index (χ2n) is 6.72. The molecule has 3 rings (SSSR count). The molecule has 0 saturated carbocycles. The van der Waals surface area contributed by atoms with Gasteiger partial charge in [0.2, 0.25) is 0 Å². The zero-order valence-corrected chi connectivity index (χ0v) is 16.4. The highest BCUT2D eigenvalue weighted by Crippen LogP contribution is 2.40. The summed E-state index contributed by atoms with van der Waals surface area (Å²) in [7, 11) is 1.31. The van der Waals surface area contributed by atoms with E-state index in [0.29, 0.717) is 16.5 Å². The highest BCUT2D eigenvalue weighted by atomic mass is 32.1. The van der Waals surface area contributed by atoms with Crippen LogP contribution in [0, 0.1) is 5.92 Å². The maximum atomic E-state index is 12.3. The minimum absolute atomic E-state index is 0.0694. The molecule has 0 bridgehead atoms. The van der Waals surface area contributed by atoms with Gasteiger partial charge in [-0.25, -0.2) is 9.59 Å². The SMILES string of the molecule is COC(=O)c1c(NC(=O)COC(=O)c2cccc(O)c2)sc2c1CC[C@@H](C)C2. The van der Waals surface area contributed by atoms with E-state index in [1.165, 1.54) is 42.7 Å². The van der Waals surface area contributed by atoms with Crippen LogP contribution in [0.25, 0.3) is 0 Å². The summed E-state index contributed by atoms with van der Waals surface area (Å²) in [5.74, 6) is -1.31. The molecular formula is C20H21NO6S. The lowest BCUT2D eigenvalue weighted by Gasteiger charge is -2.18. The lowest BCUT2D eigenvalue weighted by molar-refractivity contribution is -0.119. The van der Waals surface area contributed by atoms with Gasteiger partial charge in [-0.05, 0) is 48.9 Å². The highest BCUT2D eigenvalue weighted by molar-refractivity contribution is 7.17. The Kier molecular flexibility index (Phi) is 5.99. The molecule has 7 nitrogen and oxygen atoms in total. The third kappa shape index (κ3) is 4.33. The molecule has 0 aliphatic heterocycles. The maximum Gasteiger partial charge on any atom is 0.341 e. The second-order valence-corrected chi connectivity index (χ2v) is 7.83. The summed E-state index contributed by atoms with van der Waals surface area (Å²) in [5, 5.41) is 12.5. The molecule has 1 aromatic carbocycles. The van der Waals surface area contributed by atoms with Gasteiger partial charge in [-0.1, -0.05) is 13.0 Å². The molecule has 1 aliphatic rings. The molecule has 0 radical (unpaired) electrons. The first-order chi connectivity index (χ1) is 13.4. The fourth-order valence-corrected chi connectivity index (χ4v) is 4.58. The van der Waals surface area contributed by atoms with Crippen molar-refractivity contribution >= 4 is 34.2 Å². The van der Waals surface area contributed by atoms with Gasteiger partial charge in [0.15, 0.2) is 6.61 Å². The first kappa shape index (κ1) is 19.9. The Bertz CT molecular complexity index is 919. The largest absolute Gasteiger partial charge is 0.508 e. The summed E-state index contributed by atoms with van der Waals surface area (Å²) in [6.45, 7) is 1.65. The average molecular weight is 403 g/mol. The Balaban J connectivity index is 1.70. The highest BCUT2D eigenvalue weighted by Gasteiger charge is 2.29. The monoisotopic (exact) mass is 403 g/mol. The molecular weight excluding hydrogens is 382 g/mol. The van der Waals surface area contributed by atoms with E-state index in [2.05, 4.69) is 12.2 Å². The molecule has 28 heavy (non-hydrogen) atoms. The smallest absolute Gasteiger partial charge is 0.341 e. The number of carbonyl (C=O) groups excluding carboxylic acids is 3. The normalized spacial score (nSPS) is 15.4. The first-order valence-electron chi connectivity index (χ1n) is 8.88. The summed E-state index contributed by atoms with van der Waals surface area (Å²) in [6.07, 6.45) is 2.59. The summed E-state index contributed by atoms with van der Waals surface area (Å²) in [5.41, 5.74) is 1.47. The molecule has 2 N–H and O–H groups in total. The fraction of sp³-hybridized carbons (Fsp3) is 0.350. The number of ether oxygens (including phenoxy) is 2. The molecule has 0 saturated heterocycles. The van der Waals surface area contributed by atoms with Crippen molar-refractivity contribution in [1.82, 2.24) is 0 Å². The van der Waals surface area contributed by atoms with Gasteiger partial charge in [0, 0.05) is 4.88 Å². The van der Waals surface area contributed by atoms with Crippen LogP contribution in [0.2, 0.25) is 0 Å². The molecule has 8 heteroatoms. The van der Waals surface area contributed by atoms with Crippen LogP contribution >= 0.6 is 11.3 Å². The first-order valence-corrected chi connectivity index (χ1v) is 9.69. The van der Waals surface area contributed by atoms with Gasteiger partial charge in [0.1, 0.15) is 10.8 Å². The van der Waals surface area contributed by atoms with E-state index in [1.807, 2.05) is 0 Å². The number of anilines is 1. The molecule has 148 valence electrons. The molecule has 1 atom stereocenters. The molecule has 1 heterocycles. The number of hydrogen-bond donors (Lipinski definition) is 2. The van der Waals surface area contributed by atoms with Crippen molar-refractivity contribution in [2.24, 2.45) is 5.92 Å². The summed E-state index contributed by atoms with van der Waals surface area (Å²) >= 11 is 1.36. The minimum atomic E-state index is -0.724. The predicted molar refractivity (Wildman–Crippen MR) is 104 cm³/mol. The topological polar surface area (TPSA) is 102 Å². The maximum absolute atomic E-state index is 12.3. The van der Waals surface area contributed by atoms with E-state index in [0.717, 1.165) is 29.7 Å². The standard InChI is InChI=1S/C20H21NO6S/c1-11-6-7-14-15(8-11)28-18(17(14)20(25)26-2)21-16(23)10-27-19(24)12-4-3-5-13(22)9-12/h3-5,9,11,22H,6-8,10H2,1-2H3,(H,21,23)/t11-/m1/s1. The number of hydrogen-bond acceptors (Lipinski definition) is 7. The van der Waals surface area contributed by atoms with Crippen LogP contribution in [0.3, 0.4) is 0 Å². The van der Waals surface area contributed by atoms with Crippen LogP contribution in [0.5, 0.6) is 5.75 Å². The Morgan fingerprint density at radius 3 is 2.79 bits per heavy atom. The van der Waals surface area contributed by atoms with E-state index >= 15 is 0 Å². The number of thiophene rings is 1. The van der Waals surface area contributed by atoms with E-state index in [9.17, 15) is 19.5 Å². The van der Waals surface area contributed by atoms with E-state index in [4.69, 9.17) is 9.47 Å². The van der Waals surface area contributed by atoms with Crippen molar-refractivity contribution in [3.63, 3.8) is 0 Å². The van der Waals surface area contributed by atoms with E-state index < -0.39 is 24.5 Å². The molecule has 1 aromatic heterocycles. The van der Waals surface area contributed by atoms with Crippen LogP contribution in [0.4, 0.5) is 5.00 Å². The van der Waals surface area contributed by atoms with Crippen molar-refractivity contribution in [2.75, 3.05) is 19.0 Å². The molecule has 1 amide bonds. The number of phenols is 1. The number of carbonyl (C=O) groups is 3. The lowest BCUT2D eigenvalue weighted by atomic mass is 9.88. The van der Waals surface area contributed by atoms with Gasteiger partial charge in [-0.2, -0.15) is 0 Å². The number of rotatable bonds is 5. The number of esters is 2. The Morgan fingerprint density at radius 2 is 2.07 bits per heavy atom. The predicted octanol–water partition coefficient (Wildman–Crippen LogP) is 3.16. The third-order valence-corrected chi connectivity index (χ3v) is 5.74. The fourth-order valence-electron chi connectivity index (χ4n) is 3.17. The van der Waals surface area contributed by atoms with Crippen LogP contribution in [-0.2, 0) is 27.1 Å². The molecule has 2 aromatic rings. The van der Waals surface area contributed by atoms with Crippen molar-refractivity contribution in [3.05, 3.63) is 45.8 Å². The number of amides is 1. The van der Waals surface area contributed by atoms with E-state index in [1.54, 1.807) is 0 Å². The zero-order valence-electron chi connectivity index (χ0n) is 15.6. The van der Waals surface area contributed by atoms with Crippen LogP contribution in [0.1, 0.15) is 44.5 Å². The van der Waals surface area contributed by atoms with Gasteiger partial charge < -0.3 is 19.9 Å². The van der Waals surface area contributed by atoms with Crippen molar-refractivity contribution in [3.8, 4) is 5.75 Å². The van der Waals surface area contributed by atoms with Crippen LogP contribution in [0.15, 0.2) is 24.3 Å². The number of benzene rings is 1. The van der Waals surface area contributed by atoms with Gasteiger partial charge in [0.05, 0.1) is 18.2 Å². The molecule has 0 fully saturated rings. The summed E-state index contributed by atoms with van der Waals surface area (Å²) < 4.78 is 9.87. The van der Waals surface area contributed by atoms with Crippen LogP contribution < -0.4 is 5.32 Å². The third-order valence-electron chi connectivity index (χ3n) is 4.57. The lowest BCUT2D eigenvalue weighted by Crippen LogP contribution is -2.22. The Labute approximate surface area is 166 Å². The Morgan fingerprint density at radius 1 is 1.29 bits per heavy atom.